The van der Waals surface area contributed by atoms with Crippen LogP contribution in [-0.2, 0) is 14.5 Å². The molecule has 2 aromatic carbocycles. The normalized spacial score (nSPS) is 31.1. The summed E-state index contributed by atoms with van der Waals surface area (Å²) in [6.07, 6.45) is 2.47. The summed E-state index contributed by atoms with van der Waals surface area (Å²) in [6.45, 7) is 2.00. The summed E-state index contributed by atoms with van der Waals surface area (Å²) >= 11 is 1.61. The fraction of sp³-hybridized carbons (Fsp3) is 0.333. The van der Waals surface area contributed by atoms with Crippen molar-refractivity contribution in [2.75, 3.05) is 11.2 Å². The van der Waals surface area contributed by atoms with Gasteiger partial charge in [0.05, 0.1) is 5.69 Å². The highest BCUT2D eigenvalue weighted by molar-refractivity contribution is 7.99. The molecule has 3 atom stereocenters. The molecule has 27 heavy (non-hydrogen) atoms. The Kier molecular flexibility index (Phi) is 3.41. The number of anilines is 1. The van der Waals surface area contributed by atoms with Crippen molar-refractivity contribution in [1.29, 1.82) is 0 Å². The van der Waals surface area contributed by atoms with E-state index in [1.54, 1.807) is 11.8 Å². The van der Waals surface area contributed by atoms with Gasteiger partial charge >= 0.3 is 0 Å². The van der Waals surface area contributed by atoms with Crippen LogP contribution in [0.2, 0.25) is 0 Å². The van der Waals surface area contributed by atoms with E-state index in [9.17, 15) is 9.59 Å². The van der Waals surface area contributed by atoms with E-state index in [0.29, 0.717) is 18.6 Å². The van der Waals surface area contributed by atoms with Gasteiger partial charge in [0, 0.05) is 12.0 Å². The Morgan fingerprint density at radius 3 is 2.52 bits per heavy atom. The first-order valence-electron chi connectivity index (χ1n) is 9.07. The molecule has 2 saturated heterocycles. The Balaban J connectivity index is 1.69. The molecular formula is C21H20N2O3S. The number of thioether (sulfide) groups is 1. The second kappa shape index (κ2) is 5.52. The number of hydrogen-bond donors (Lipinski definition) is 0. The average molecular weight is 380 g/mol. The van der Waals surface area contributed by atoms with Crippen LogP contribution in [0.15, 0.2) is 54.6 Å². The van der Waals surface area contributed by atoms with Gasteiger partial charge in [-0.15, -0.1) is 11.8 Å². The lowest BCUT2D eigenvalue weighted by Gasteiger charge is -2.66. The molecule has 3 aliphatic rings. The van der Waals surface area contributed by atoms with Crippen LogP contribution in [-0.4, -0.2) is 34.7 Å². The molecule has 0 radical (unpaired) electrons. The minimum absolute atomic E-state index is 0.0649. The van der Waals surface area contributed by atoms with Gasteiger partial charge in [0.25, 0.3) is 5.91 Å². The molecule has 0 saturated carbocycles. The van der Waals surface area contributed by atoms with Crippen molar-refractivity contribution in [3.8, 4) is 5.75 Å². The lowest BCUT2D eigenvalue weighted by molar-refractivity contribution is -0.184. The minimum atomic E-state index is -0.651. The van der Waals surface area contributed by atoms with Gasteiger partial charge in [0.15, 0.2) is 4.87 Å². The molecule has 3 heterocycles. The number of carbonyl (C=O) groups is 2. The van der Waals surface area contributed by atoms with Crippen molar-refractivity contribution in [1.82, 2.24) is 4.90 Å². The Labute approximate surface area is 162 Å². The zero-order valence-electron chi connectivity index (χ0n) is 15.2. The minimum Gasteiger partial charge on any atom is -0.477 e. The van der Waals surface area contributed by atoms with Crippen molar-refractivity contribution < 1.29 is 14.3 Å². The van der Waals surface area contributed by atoms with Gasteiger partial charge in [-0.05, 0) is 37.8 Å². The monoisotopic (exact) mass is 380 g/mol. The van der Waals surface area contributed by atoms with Gasteiger partial charge in [-0.1, -0.05) is 36.4 Å². The predicted octanol–water partition coefficient (Wildman–Crippen LogP) is 3.35. The molecule has 5 rings (SSSR count). The van der Waals surface area contributed by atoms with Crippen molar-refractivity contribution in [3.63, 3.8) is 0 Å². The maximum absolute atomic E-state index is 13.3. The molecule has 2 aromatic rings. The number of rotatable bonds is 3. The van der Waals surface area contributed by atoms with Gasteiger partial charge in [-0.3, -0.25) is 19.4 Å². The summed E-state index contributed by atoms with van der Waals surface area (Å²) in [5, 5.41) is 0. The molecule has 0 N–H and O–H groups in total. The Hall–Kier alpha value is -2.47. The highest BCUT2D eigenvalue weighted by atomic mass is 32.2. The van der Waals surface area contributed by atoms with Crippen LogP contribution in [0, 0.1) is 0 Å². The van der Waals surface area contributed by atoms with Crippen LogP contribution in [0.1, 0.15) is 25.3 Å². The summed E-state index contributed by atoms with van der Waals surface area (Å²) in [5.41, 5.74) is 1.20. The number of carbonyl (C=O) groups excluding carboxylic acids is 2. The summed E-state index contributed by atoms with van der Waals surface area (Å²) in [7, 11) is 0. The molecule has 0 spiro atoms. The van der Waals surface area contributed by atoms with E-state index >= 15 is 0 Å². The first-order valence-corrected chi connectivity index (χ1v) is 10.3. The maximum atomic E-state index is 13.3. The molecule has 138 valence electrons. The van der Waals surface area contributed by atoms with Crippen molar-refractivity contribution >= 4 is 29.3 Å². The van der Waals surface area contributed by atoms with Gasteiger partial charge in [-0.25, -0.2) is 0 Å². The van der Waals surface area contributed by atoms with Crippen LogP contribution < -0.4 is 9.64 Å². The molecule has 2 fully saturated rings. The fourth-order valence-corrected chi connectivity index (χ4v) is 6.07. The third-order valence-electron chi connectivity index (χ3n) is 6.00. The lowest BCUT2D eigenvalue weighted by Crippen LogP contribution is -2.82. The fourth-order valence-electron chi connectivity index (χ4n) is 4.84. The van der Waals surface area contributed by atoms with Gasteiger partial charge in [-0.2, -0.15) is 0 Å². The quantitative estimate of drug-likeness (QED) is 0.767. The Morgan fingerprint density at radius 1 is 1.07 bits per heavy atom. The van der Waals surface area contributed by atoms with Gasteiger partial charge in [0.1, 0.15) is 11.4 Å². The van der Waals surface area contributed by atoms with E-state index in [4.69, 9.17) is 4.74 Å². The zero-order valence-corrected chi connectivity index (χ0v) is 16.0. The second-order valence-electron chi connectivity index (χ2n) is 7.35. The third kappa shape index (κ3) is 1.91. The van der Waals surface area contributed by atoms with E-state index in [0.717, 1.165) is 11.3 Å². The molecule has 0 aromatic heterocycles. The average Bonchev–Trinajstić information content (AvgIpc) is 3.00. The van der Waals surface area contributed by atoms with Crippen molar-refractivity contribution in [3.05, 3.63) is 60.2 Å². The summed E-state index contributed by atoms with van der Waals surface area (Å²) in [5.74, 6) is 0.682. The van der Waals surface area contributed by atoms with E-state index in [2.05, 4.69) is 0 Å². The first kappa shape index (κ1) is 16.7. The number of ether oxygens (including phenoxy) is 1. The third-order valence-corrected chi connectivity index (χ3v) is 7.24. The van der Waals surface area contributed by atoms with Crippen molar-refractivity contribution in [2.24, 2.45) is 0 Å². The number of para-hydroxylation sites is 2. The highest BCUT2D eigenvalue weighted by Crippen LogP contribution is 2.62. The molecule has 6 heteroatoms. The summed E-state index contributed by atoms with van der Waals surface area (Å²) in [6, 6.07) is 17.3. The van der Waals surface area contributed by atoms with Crippen LogP contribution in [0.3, 0.4) is 0 Å². The van der Waals surface area contributed by atoms with Gasteiger partial charge < -0.3 is 4.74 Å². The second-order valence-corrected chi connectivity index (χ2v) is 8.38. The van der Waals surface area contributed by atoms with E-state index in [-0.39, 0.29) is 11.8 Å². The van der Waals surface area contributed by atoms with Crippen LogP contribution >= 0.6 is 11.8 Å². The van der Waals surface area contributed by atoms with E-state index in [1.165, 1.54) is 0 Å². The highest BCUT2D eigenvalue weighted by Gasteiger charge is 2.73. The van der Waals surface area contributed by atoms with Crippen molar-refractivity contribution in [2.45, 2.75) is 36.4 Å². The molecule has 0 bridgehead atoms. The number of amides is 2. The number of β-lactam (4-membered cyclic amide) rings is 1. The van der Waals surface area contributed by atoms with E-state index < -0.39 is 16.6 Å². The molecule has 1 unspecified atom stereocenters. The Bertz CT molecular complexity index is 949. The van der Waals surface area contributed by atoms with Crippen LogP contribution in [0.5, 0.6) is 5.75 Å². The van der Waals surface area contributed by atoms with E-state index in [1.807, 2.05) is 77.6 Å². The largest absolute Gasteiger partial charge is 0.477 e. The molecular weight excluding hydrogens is 360 g/mol. The molecule has 0 aliphatic carbocycles. The topological polar surface area (TPSA) is 49.9 Å². The lowest BCUT2D eigenvalue weighted by atomic mass is 9.80. The van der Waals surface area contributed by atoms with Crippen LogP contribution in [0.25, 0.3) is 0 Å². The maximum Gasteiger partial charge on any atom is 0.270 e. The molecule has 2 amide bonds. The zero-order chi connectivity index (χ0) is 18.8. The standard InChI is InChI=1S/C21H20N2O3S/c1-20-13-12-17(24)22(20)16-11-7-6-10-15(16)21(27-2)18(19(25)23(20)21)26-14-8-4-3-5-9-14/h3-11,18H,12-13H2,1-2H3/t18-,20?,21+/m1/s1. The first-order chi connectivity index (χ1) is 13.0. The summed E-state index contributed by atoms with van der Waals surface area (Å²) in [4.78, 5) is 29.0. The SMILES string of the molecule is CS[C@]12c3ccccc3N3C(=O)CCC3(C)N1C(=O)[C@H]2Oc1ccccc1. The smallest absolute Gasteiger partial charge is 0.270 e. The Morgan fingerprint density at radius 2 is 1.78 bits per heavy atom. The molecule has 3 aliphatic heterocycles. The number of fused-ring (bicyclic) bond motifs is 6. The number of nitrogens with zero attached hydrogens (tertiary/aromatic N) is 2. The number of hydrogen-bond acceptors (Lipinski definition) is 4. The predicted molar refractivity (Wildman–Crippen MR) is 104 cm³/mol. The summed E-state index contributed by atoms with van der Waals surface area (Å²) < 4.78 is 6.19. The van der Waals surface area contributed by atoms with Gasteiger partial charge in [0.2, 0.25) is 12.0 Å². The number of benzene rings is 2. The molecule has 5 nitrogen and oxygen atoms in total. The van der Waals surface area contributed by atoms with Crippen LogP contribution in [0.4, 0.5) is 5.69 Å².